The second-order valence-corrected chi connectivity index (χ2v) is 6.17. The molecule has 1 amide bonds. The van der Waals surface area contributed by atoms with Crippen LogP contribution in [0.2, 0.25) is 0 Å². The van der Waals surface area contributed by atoms with E-state index in [1.807, 2.05) is 0 Å². The van der Waals surface area contributed by atoms with E-state index in [9.17, 15) is 27.0 Å². The maximum absolute atomic E-state index is 12.1. The first-order valence-electron chi connectivity index (χ1n) is 5.59. The highest BCUT2D eigenvalue weighted by Gasteiger charge is 2.40. The molecule has 0 aliphatic heterocycles. The summed E-state index contributed by atoms with van der Waals surface area (Å²) < 4.78 is 49.7. The van der Waals surface area contributed by atoms with E-state index < -0.39 is 27.8 Å². The number of hydrogen-bond donors (Lipinski definition) is 2. The van der Waals surface area contributed by atoms with Crippen molar-refractivity contribution in [1.82, 2.24) is 4.72 Å². The Labute approximate surface area is 118 Å². The van der Waals surface area contributed by atoms with Gasteiger partial charge in [-0.2, -0.15) is 13.2 Å². The summed E-state index contributed by atoms with van der Waals surface area (Å²) in [7, 11) is -3.63. The molecule has 0 bridgehead atoms. The Hall–Kier alpha value is -2.03. The van der Waals surface area contributed by atoms with E-state index >= 15 is 0 Å². The summed E-state index contributed by atoms with van der Waals surface area (Å²) in [5.41, 5.74) is 0.610. The topological polar surface area (TPSA) is 83.5 Å². The first kappa shape index (κ1) is 17.0. The summed E-state index contributed by atoms with van der Waals surface area (Å²) in [5.74, 6) is -0.225. The number of aliphatic carboxylic acids is 1. The minimum Gasteiger partial charge on any atom is -0.481 e. The molecule has 0 fully saturated rings. The number of hydrogen-bond acceptors (Lipinski definition) is 3. The van der Waals surface area contributed by atoms with Gasteiger partial charge in [-0.05, 0) is 30.0 Å². The van der Waals surface area contributed by atoms with Crippen LogP contribution < -0.4 is 4.72 Å². The van der Waals surface area contributed by atoms with Crippen molar-refractivity contribution < 1.29 is 32.1 Å². The first-order valence-corrected chi connectivity index (χ1v) is 7.32. The summed E-state index contributed by atoms with van der Waals surface area (Å²) in [6, 6.07) is 5.32. The van der Waals surface area contributed by atoms with Crippen LogP contribution in [0.3, 0.4) is 0 Å². The van der Waals surface area contributed by atoms with Gasteiger partial charge < -0.3 is 5.11 Å². The number of carboxylic acid groups (broad SMARTS) is 1. The lowest BCUT2D eigenvalue weighted by Gasteiger charge is -2.13. The minimum atomic E-state index is -5.15. The molecule has 116 valence electrons. The average molecular weight is 323 g/mol. The Bertz CT molecular complexity index is 635. The van der Waals surface area contributed by atoms with Gasteiger partial charge in [0.25, 0.3) is 0 Å². The van der Waals surface area contributed by atoms with E-state index in [1.54, 1.807) is 0 Å². The van der Waals surface area contributed by atoms with Gasteiger partial charge in [-0.3, -0.25) is 14.3 Å². The third-order valence-electron chi connectivity index (χ3n) is 2.45. The fourth-order valence-corrected chi connectivity index (χ4v) is 2.50. The maximum atomic E-state index is 12.1. The van der Waals surface area contributed by atoms with E-state index in [2.05, 4.69) is 5.87 Å². The Balaban J connectivity index is 2.85. The van der Waals surface area contributed by atoms with Gasteiger partial charge in [0.15, 0.2) is 0 Å². The Morgan fingerprint density at radius 3 is 2.19 bits per heavy atom. The van der Waals surface area contributed by atoms with Crippen molar-refractivity contribution in [3.63, 3.8) is 0 Å². The number of amides is 1. The van der Waals surface area contributed by atoms with Gasteiger partial charge >= 0.3 is 18.1 Å². The molecule has 0 aliphatic carbocycles. The van der Waals surface area contributed by atoms with Crippen molar-refractivity contribution in [3.8, 4) is 0 Å². The Kier molecular flexibility index (Phi) is 5.00. The molecule has 0 saturated carbocycles. The number of carbonyl (C=O) groups is 2. The highest BCUT2D eigenvalue weighted by Crippen LogP contribution is 2.17. The van der Waals surface area contributed by atoms with Crippen LogP contribution in [-0.4, -0.2) is 33.2 Å². The minimum absolute atomic E-state index is 0.0841. The van der Waals surface area contributed by atoms with Crippen molar-refractivity contribution in [2.75, 3.05) is 0 Å². The zero-order chi connectivity index (χ0) is 16.3. The number of carboxylic acids is 1. The molecule has 5 nitrogen and oxygen atoms in total. The van der Waals surface area contributed by atoms with Crippen LogP contribution in [0.4, 0.5) is 13.2 Å². The Morgan fingerprint density at radius 1 is 1.24 bits per heavy atom. The third kappa shape index (κ3) is 5.10. The number of halogens is 3. The van der Waals surface area contributed by atoms with Crippen LogP contribution in [0.1, 0.15) is 12.0 Å². The standard InChI is InChI=1S/C12H12F3NO4S/c1-21(20,16-11(19)12(13,14)15)9-5-2-8(3-6-9)4-7-10(17)18/h2-3,5-6H,1,4,7H2,(H,17,18)(H,16,19,20). The van der Waals surface area contributed by atoms with Crippen molar-refractivity contribution in [2.45, 2.75) is 23.9 Å². The molecule has 1 rings (SSSR count). The number of carbonyl (C=O) groups excluding carboxylic acids is 1. The van der Waals surface area contributed by atoms with Gasteiger partial charge in [0.2, 0.25) is 0 Å². The molecule has 9 heteroatoms. The lowest BCUT2D eigenvalue weighted by molar-refractivity contribution is -0.171. The molecule has 1 atom stereocenters. The molecular weight excluding hydrogens is 311 g/mol. The van der Waals surface area contributed by atoms with Crippen LogP contribution in [0.15, 0.2) is 29.2 Å². The fraction of sp³-hybridized carbons (Fsp3) is 0.250. The molecule has 0 heterocycles. The lowest BCUT2D eigenvalue weighted by atomic mass is 10.1. The van der Waals surface area contributed by atoms with Gasteiger partial charge in [0, 0.05) is 11.3 Å². The summed E-state index contributed by atoms with van der Waals surface area (Å²) in [6.07, 6.45) is -5.03. The van der Waals surface area contributed by atoms with Gasteiger partial charge in [-0.1, -0.05) is 12.1 Å². The number of aryl methyl sites for hydroxylation is 1. The number of rotatable bonds is 5. The smallest absolute Gasteiger partial charge is 0.472 e. The molecular formula is C12H12F3NO4S. The van der Waals surface area contributed by atoms with Crippen molar-refractivity contribution in [3.05, 3.63) is 29.8 Å². The summed E-state index contributed by atoms with van der Waals surface area (Å²) in [5, 5.41) is 8.52. The summed E-state index contributed by atoms with van der Waals surface area (Å²) >= 11 is 0. The van der Waals surface area contributed by atoms with Crippen LogP contribution in [0.25, 0.3) is 0 Å². The van der Waals surface area contributed by atoms with E-state index in [4.69, 9.17) is 5.11 Å². The van der Waals surface area contributed by atoms with Crippen molar-refractivity contribution >= 4 is 27.5 Å². The molecule has 2 N–H and O–H groups in total. The summed E-state index contributed by atoms with van der Waals surface area (Å²) in [6.45, 7) is 0. The predicted molar refractivity (Wildman–Crippen MR) is 70.1 cm³/mol. The second kappa shape index (κ2) is 6.17. The molecule has 21 heavy (non-hydrogen) atoms. The highest BCUT2D eigenvalue weighted by molar-refractivity contribution is 7.99. The first-order chi connectivity index (χ1) is 9.52. The Morgan fingerprint density at radius 2 is 1.76 bits per heavy atom. The van der Waals surface area contributed by atoms with Crippen LogP contribution in [0, 0.1) is 0 Å². The van der Waals surface area contributed by atoms with Crippen LogP contribution >= 0.6 is 0 Å². The van der Waals surface area contributed by atoms with Gasteiger partial charge in [0.1, 0.15) is 0 Å². The molecule has 0 radical (unpaired) electrons. The lowest BCUT2D eigenvalue weighted by Crippen LogP contribution is -2.40. The molecule has 1 aromatic rings. The average Bonchev–Trinajstić information content (AvgIpc) is 2.35. The molecule has 0 spiro atoms. The van der Waals surface area contributed by atoms with E-state index in [1.165, 1.54) is 29.0 Å². The van der Waals surface area contributed by atoms with Crippen LogP contribution in [0.5, 0.6) is 0 Å². The number of nitrogens with one attached hydrogen (secondary N) is 1. The van der Waals surface area contributed by atoms with Gasteiger partial charge in [-0.25, -0.2) is 4.21 Å². The second-order valence-electron chi connectivity index (χ2n) is 4.14. The molecule has 0 aliphatic rings. The van der Waals surface area contributed by atoms with Crippen molar-refractivity contribution in [1.29, 1.82) is 0 Å². The summed E-state index contributed by atoms with van der Waals surface area (Å²) in [4.78, 5) is 21.1. The van der Waals surface area contributed by atoms with Gasteiger partial charge in [-0.15, -0.1) is 0 Å². The zero-order valence-electron chi connectivity index (χ0n) is 10.6. The monoisotopic (exact) mass is 323 g/mol. The van der Waals surface area contributed by atoms with E-state index in [-0.39, 0.29) is 17.7 Å². The SMILES string of the molecule is C=S(=O)(NC(=O)C(F)(F)F)c1ccc(CCC(=O)O)cc1. The molecule has 1 unspecified atom stereocenters. The van der Waals surface area contributed by atoms with Crippen molar-refractivity contribution in [2.24, 2.45) is 0 Å². The third-order valence-corrected chi connectivity index (χ3v) is 4.00. The number of alkyl halides is 3. The van der Waals surface area contributed by atoms with Crippen LogP contribution in [-0.2, 0) is 25.7 Å². The normalized spacial score (nSPS) is 14.2. The van der Waals surface area contributed by atoms with E-state index in [0.717, 1.165) is 0 Å². The molecule has 1 aromatic carbocycles. The zero-order valence-corrected chi connectivity index (χ0v) is 11.5. The van der Waals surface area contributed by atoms with E-state index in [0.29, 0.717) is 5.56 Å². The van der Waals surface area contributed by atoms with Gasteiger partial charge in [0.05, 0.1) is 9.71 Å². The molecule has 0 aromatic heterocycles. The number of benzene rings is 1. The quantitative estimate of drug-likeness (QED) is 0.802. The predicted octanol–water partition coefficient (Wildman–Crippen LogP) is 1.37. The fourth-order valence-electron chi connectivity index (χ4n) is 1.39. The molecule has 0 saturated heterocycles. The highest BCUT2D eigenvalue weighted by atomic mass is 32.2. The maximum Gasteiger partial charge on any atom is 0.472 e. The largest absolute Gasteiger partial charge is 0.481 e.